The van der Waals surface area contributed by atoms with Crippen LogP contribution in [0.15, 0.2) is 17.2 Å². The molecule has 0 saturated carbocycles. The lowest BCUT2D eigenvalue weighted by Crippen LogP contribution is -2.51. The molecule has 1 aromatic rings. The second-order valence-corrected chi connectivity index (χ2v) is 6.31. The monoisotopic (exact) mass is 280 g/mol. The zero-order valence-electron chi connectivity index (χ0n) is 12.7. The Kier molecular flexibility index (Phi) is 4.15. The molecule has 20 heavy (non-hydrogen) atoms. The fraction of sp³-hybridized carbons (Fsp3) is 0.714. The van der Waals surface area contributed by atoms with Crippen LogP contribution >= 0.6 is 0 Å². The van der Waals surface area contributed by atoms with Crippen LogP contribution in [0.25, 0.3) is 0 Å². The number of nitrogens with zero attached hydrogens (tertiary/aromatic N) is 3. The van der Waals surface area contributed by atoms with Gasteiger partial charge < -0.3 is 19.9 Å². The van der Waals surface area contributed by atoms with Crippen molar-refractivity contribution in [2.24, 2.45) is 5.73 Å². The molecule has 2 heterocycles. The molecule has 1 fully saturated rings. The highest BCUT2D eigenvalue weighted by Crippen LogP contribution is 2.17. The Bertz CT molecular complexity index is 521. The summed E-state index contributed by atoms with van der Waals surface area (Å²) in [4.78, 5) is 18.9. The van der Waals surface area contributed by atoms with E-state index in [4.69, 9.17) is 10.5 Å². The Morgan fingerprint density at radius 3 is 2.75 bits per heavy atom. The van der Waals surface area contributed by atoms with Gasteiger partial charge in [0.1, 0.15) is 0 Å². The zero-order valence-corrected chi connectivity index (χ0v) is 12.7. The maximum atomic E-state index is 12.6. The Labute approximate surface area is 119 Å². The van der Waals surface area contributed by atoms with E-state index in [1.165, 1.54) is 0 Å². The van der Waals surface area contributed by atoms with Crippen molar-refractivity contribution < 1.29 is 4.74 Å². The average molecular weight is 280 g/mol. The van der Waals surface area contributed by atoms with Crippen LogP contribution in [0.1, 0.15) is 27.7 Å². The number of aromatic nitrogens is 2. The van der Waals surface area contributed by atoms with Crippen molar-refractivity contribution in [3.63, 3.8) is 0 Å². The molecule has 2 unspecified atom stereocenters. The lowest BCUT2D eigenvalue weighted by Gasteiger charge is -2.37. The van der Waals surface area contributed by atoms with E-state index in [2.05, 4.69) is 4.98 Å². The highest BCUT2D eigenvalue weighted by Gasteiger charge is 2.28. The first-order valence-electron chi connectivity index (χ1n) is 7.01. The van der Waals surface area contributed by atoms with Gasteiger partial charge in [-0.1, -0.05) is 0 Å². The maximum Gasteiger partial charge on any atom is 0.293 e. The zero-order chi connectivity index (χ0) is 14.9. The average Bonchev–Trinajstić information content (AvgIpc) is 2.36. The van der Waals surface area contributed by atoms with Gasteiger partial charge in [-0.05, 0) is 27.7 Å². The molecular weight excluding hydrogens is 256 g/mol. The standard InChI is InChI=1S/C14H24N4O2/c1-10-8-17(9-11(7-15)20-10)12-13(19)18(6-5-16-12)14(2,3)4/h5-6,10-11H,7-9,15H2,1-4H3. The minimum Gasteiger partial charge on any atom is -0.370 e. The minimum absolute atomic E-state index is 0.0433. The van der Waals surface area contributed by atoms with E-state index < -0.39 is 0 Å². The van der Waals surface area contributed by atoms with Gasteiger partial charge in [-0.15, -0.1) is 0 Å². The number of hydrogen-bond donors (Lipinski definition) is 1. The Morgan fingerprint density at radius 1 is 1.45 bits per heavy atom. The van der Waals surface area contributed by atoms with Gasteiger partial charge in [0.2, 0.25) is 0 Å². The summed E-state index contributed by atoms with van der Waals surface area (Å²) in [5.74, 6) is 0.482. The maximum absolute atomic E-state index is 12.6. The van der Waals surface area contributed by atoms with Crippen molar-refractivity contribution >= 4 is 5.82 Å². The van der Waals surface area contributed by atoms with Crippen molar-refractivity contribution in [2.45, 2.75) is 45.4 Å². The molecule has 0 spiro atoms. The number of morpholine rings is 1. The van der Waals surface area contributed by atoms with Crippen LogP contribution in [-0.2, 0) is 10.3 Å². The second-order valence-electron chi connectivity index (χ2n) is 6.31. The van der Waals surface area contributed by atoms with Crippen molar-refractivity contribution in [1.29, 1.82) is 0 Å². The molecule has 1 aliphatic heterocycles. The molecule has 1 aliphatic rings. The summed E-state index contributed by atoms with van der Waals surface area (Å²) >= 11 is 0. The van der Waals surface area contributed by atoms with E-state index in [1.807, 2.05) is 32.6 Å². The van der Waals surface area contributed by atoms with E-state index in [9.17, 15) is 4.79 Å². The van der Waals surface area contributed by atoms with Crippen LogP contribution in [0, 0.1) is 0 Å². The Balaban J connectivity index is 2.36. The van der Waals surface area contributed by atoms with Gasteiger partial charge in [-0.25, -0.2) is 4.98 Å². The molecule has 0 radical (unpaired) electrons. The quantitative estimate of drug-likeness (QED) is 0.856. The molecular formula is C14H24N4O2. The molecule has 6 heteroatoms. The number of ether oxygens (including phenoxy) is 1. The SMILES string of the molecule is CC1CN(c2nccn(C(C)(C)C)c2=O)CC(CN)O1. The van der Waals surface area contributed by atoms with Gasteiger partial charge in [0.25, 0.3) is 5.56 Å². The lowest BCUT2D eigenvalue weighted by atomic mass is 10.1. The summed E-state index contributed by atoms with van der Waals surface area (Å²) in [5.41, 5.74) is 5.36. The number of rotatable bonds is 2. The second kappa shape index (κ2) is 5.54. The van der Waals surface area contributed by atoms with Crippen LogP contribution < -0.4 is 16.2 Å². The first kappa shape index (κ1) is 15.0. The summed E-state index contributed by atoms with van der Waals surface area (Å²) in [6, 6.07) is 0. The van der Waals surface area contributed by atoms with Gasteiger partial charge in [-0.2, -0.15) is 0 Å². The van der Waals surface area contributed by atoms with Gasteiger partial charge >= 0.3 is 0 Å². The molecule has 0 bridgehead atoms. The van der Waals surface area contributed by atoms with Crippen molar-refractivity contribution in [3.05, 3.63) is 22.7 Å². The smallest absolute Gasteiger partial charge is 0.293 e. The summed E-state index contributed by atoms with van der Waals surface area (Å²) in [7, 11) is 0. The minimum atomic E-state index is -0.264. The lowest BCUT2D eigenvalue weighted by molar-refractivity contribution is -0.0108. The number of hydrogen-bond acceptors (Lipinski definition) is 5. The van der Waals surface area contributed by atoms with Gasteiger partial charge in [0.05, 0.1) is 12.2 Å². The predicted octanol–water partition coefficient (Wildman–Crippen LogP) is 0.551. The van der Waals surface area contributed by atoms with E-state index in [1.54, 1.807) is 17.0 Å². The third kappa shape index (κ3) is 3.02. The number of nitrogens with two attached hydrogens (primary N) is 1. The molecule has 0 amide bonds. The normalized spacial score (nSPS) is 23.9. The molecule has 0 aromatic carbocycles. The molecule has 6 nitrogen and oxygen atoms in total. The van der Waals surface area contributed by atoms with Crippen molar-refractivity contribution in [1.82, 2.24) is 9.55 Å². The van der Waals surface area contributed by atoms with Gasteiger partial charge in [0.15, 0.2) is 5.82 Å². The Morgan fingerprint density at radius 2 is 2.15 bits per heavy atom. The van der Waals surface area contributed by atoms with Crippen LogP contribution in [0.5, 0.6) is 0 Å². The highest BCUT2D eigenvalue weighted by atomic mass is 16.5. The molecule has 1 aromatic heterocycles. The Hall–Kier alpha value is -1.40. The van der Waals surface area contributed by atoms with Crippen LogP contribution in [0.4, 0.5) is 5.82 Å². The van der Waals surface area contributed by atoms with Crippen LogP contribution in [0.3, 0.4) is 0 Å². The highest BCUT2D eigenvalue weighted by molar-refractivity contribution is 5.37. The molecule has 0 aliphatic carbocycles. The summed E-state index contributed by atoms with van der Waals surface area (Å²) < 4.78 is 7.44. The molecule has 2 atom stereocenters. The summed E-state index contributed by atoms with van der Waals surface area (Å²) in [6.07, 6.45) is 3.40. The first-order valence-corrected chi connectivity index (χ1v) is 7.01. The van der Waals surface area contributed by atoms with Gasteiger partial charge in [0, 0.05) is 37.6 Å². The van der Waals surface area contributed by atoms with E-state index in [0.29, 0.717) is 25.5 Å². The van der Waals surface area contributed by atoms with Crippen LogP contribution in [-0.4, -0.2) is 41.4 Å². The van der Waals surface area contributed by atoms with Crippen LogP contribution in [0.2, 0.25) is 0 Å². The fourth-order valence-corrected chi connectivity index (χ4v) is 2.49. The third-order valence-electron chi connectivity index (χ3n) is 3.43. The number of anilines is 1. The summed E-state index contributed by atoms with van der Waals surface area (Å²) in [6.45, 7) is 9.71. The molecule has 2 rings (SSSR count). The molecule has 2 N–H and O–H groups in total. The van der Waals surface area contributed by atoms with Crippen molar-refractivity contribution in [3.8, 4) is 0 Å². The van der Waals surface area contributed by atoms with Crippen molar-refractivity contribution in [2.75, 3.05) is 24.5 Å². The van der Waals surface area contributed by atoms with E-state index in [-0.39, 0.29) is 23.3 Å². The third-order valence-corrected chi connectivity index (χ3v) is 3.43. The molecule has 112 valence electrons. The molecule has 1 saturated heterocycles. The fourth-order valence-electron chi connectivity index (χ4n) is 2.49. The summed E-state index contributed by atoms with van der Waals surface area (Å²) in [5, 5.41) is 0. The first-order chi connectivity index (χ1) is 9.32. The van der Waals surface area contributed by atoms with Gasteiger partial charge in [-0.3, -0.25) is 4.79 Å². The predicted molar refractivity (Wildman–Crippen MR) is 79.1 cm³/mol. The van der Waals surface area contributed by atoms with E-state index >= 15 is 0 Å². The van der Waals surface area contributed by atoms with E-state index in [0.717, 1.165) is 0 Å². The topological polar surface area (TPSA) is 73.4 Å². The largest absolute Gasteiger partial charge is 0.370 e.